The molecule has 4 heteroatoms. The van der Waals surface area contributed by atoms with Crippen molar-refractivity contribution < 1.29 is 0 Å². The number of anilines is 5. The summed E-state index contributed by atoms with van der Waals surface area (Å²) >= 11 is 3.61. The van der Waals surface area contributed by atoms with E-state index in [2.05, 4.69) is 104 Å². The quantitative estimate of drug-likeness (QED) is 0.620. The molecule has 23 heavy (non-hydrogen) atoms. The molecule has 1 atom stereocenters. The minimum Gasteiger partial charge on any atom is -0.346 e. The molecule has 1 N–H and O–H groups in total. The van der Waals surface area contributed by atoms with Crippen molar-refractivity contribution in [3.8, 4) is 0 Å². The predicted molar refractivity (Wildman–Crippen MR) is 98.7 cm³/mol. The second kappa shape index (κ2) is 4.77. The Labute approximate surface area is 143 Å². The summed E-state index contributed by atoms with van der Waals surface area (Å²) in [6, 6.07) is 25.4. The molecule has 1 unspecified atom stereocenters. The molecule has 0 spiro atoms. The Morgan fingerprint density at radius 1 is 0.739 bits per heavy atom. The number of hydrogen-bond acceptors (Lipinski definition) is 3. The maximum Gasteiger partial charge on any atom is 0.187 e. The minimum absolute atomic E-state index is 0.0686. The molecule has 3 nitrogen and oxygen atoms in total. The van der Waals surface area contributed by atoms with E-state index in [1.54, 1.807) is 0 Å². The average molecular weight is 364 g/mol. The Hall–Kier alpha value is -2.46. The third-order valence-corrected chi connectivity index (χ3v) is 4.92. The Balaban J connectivity index is 1.74. The molecule has 0 aliphatic carbocycles. The zero-order valence-electron chi connectivity index (χ0n) is 12.3. The van der Waals surface area contributed by atoms with Gasteiger partial charge in [0.1, 0.15) is 0 Å². The van der Waals surface area contributed by atoms with E-state index in [4.69, 9.17) is 0 Å². The van der Waals surface area contributed by atoms with Gasteiger partial charge < -0.3 is 10.2 Å². The van der Waals surface area contributed by atoms with Gasteiger partial charge in [0.05, 0.1) is 22.7 Å². The molecule has 5 rings (SSSR count). The average Bonchev–Trinajstić information content (AvgIpc) is 3.10. The van der Waals surface area contributed by atoms with Gasteiger partial charge in [-0.15, -0.1) is 0 Å². The fraction of sp³-hybridized carbons (Fsp3) is 0.0526. The second-order valence-corrected chi connectivity index (χ2v) is 6.66. The lowest BCUT2D eigenvalue weighted by Gasteiger charge is -2.27. The van der Waals surface area contributed by atoms with E-state index >= 15 is 0 Å². The summed E-state index contributed by atoms with van der Waals surface area (Å²) in [5, 5.41) is 3.65. The van der Waals surface area contributed by atoms with Gasteiger partial charge in [-0.3, -0.25) is 4.90 Å². The van der Waals surface area contributed by atoms with Gasteiger partial charge in [-0.05, 0) is 42.5 Å². The fourth-order valence-corrected chi connectivity index (χ4v) is 3.83. The van der Waals surface area contributed by atoms with Crippen LogP contribution in [0.15, 0.2) is 77.3 Å². The van der Waals surface area contributed by atoms with Crippen LogP contribution in [0, 0.1) is 0 Å². The zero-order chi connectivity index (χ0) is 15.4. The summed E-state index contributed by atoms with van der Waals surface area (Å²) in [6.07, 6.45) is 0.0686. The van der Waals surface area contributed by atoms with Gasteiger partial charge in [0.2, 0.25) is 0 Å². The van der Waals surface area contributed by atoms with Gasteiger partial charge in [0.25, 0.3) is 0 Å². The van der Waals surface area contributed by atoms with Gasteiger partial charge in [-0.2, -0.15) is 0 Å². The van der Waals surface area contributed by atoms with E-state index in [1.807, 2.05) is 0 Å². The lowest BCUT2D eigenvalue weighted by atomic mass is 10.2. The first-order chi connectivity index (χ1) is 11.3. The molecular formula is C19H14BrN3. The van der Waals surface area contributed by atoms with E-state index in [0.717, 1.165) is 4.47 Å². The molecule has 2 aliphatic heterocycles. The largest absolute Gasteiger partial charge is 0.346 e. The lowest BCUT2D eigenvalue weighted by Crippen LogP contribution is -2.40. The smallest absolute Gasteiger partial charge is 0.187 e. The highest BCUT2D eigenvalue weighted by Crippen LogP contribution is 2.53. The normalized spacial score (nSPS) is 17.5. The van der Waals surface area contributed by atoms with Crippen molar-refractivity contribution in [3.05, 3.63) is 77.3 Å². The van der Waals surface area contributed by atoms with Gasteiger partial charge in [0.15, 0.2) is 6.29 Å². The molecule has 0 amide bonds. The number of nitrogens with zero attached hydrogens (tertiary/aromatic N) is 2. The summed E-state index contributed by atoms with van der Waals surface area (Å²) in [5.41, 5.74) is 6.00. The molecule has 0 fully saturated rings. The van der Waals surface area contributed by atoms with Crippen molar-refractivity contribution >= 4 is 44.4 Å². The highest BCUT2D eigenvalue weighted by Gasteiger charge is 2.42. The van der Waals surface area contributed by atoms with Crippen LogP contribution in [0.1, 0.15) is 0 Å². The Morgan fingerprint density at radius 3 is 2.39 bits per heavy atom. The third kappa shape index (κ3) is 1.82. The molecule has 112 valence electrons. The zero-order valence-corrected chi connectivity index (χ0v) is 13.9. The number of benzene rings is 3. The van der Waals surface area contributed by atoms with Crippen LogP contribution in [0.4, 0.5) is 28.4 Å². The number of nitrogens with one attached hydrogen (secondary N) is 1. The van der Waals surface area contributed by atoms with Crippen LogP contribution in [0.2, 0.25) is 0 Å². The first-order valence-electron chi connectivity index (χ1n) is 7.61. The van der Waals surface area contributed by atoms with E-state index in [0.29, 0.717) is 0 Å². The summed E-state index contributed by atoms with van der Waals surface area (Å²) in [6.45, 7) is 0. The summed E-state index contributed by atoms with van der Waals surface area (Å²) < 4.78 is 1.09. The highest BCUT2D eigenvalue weighted by atomic mass is 79.9. The summed E-state index contributed by atoms with van der Waals surface area (Å²) in [4.78, 5) is 4.71. The monoisotopic (exact) mass is 363 g/mol. The molecule has 3 aromatic rings. The predicted octanol–water partition coefficient (Wildman–Crippen LogP) is 5.45. The summed E-state index contributed by atoms with van der Waals surface area (Å²) in [7, 11) is 0. The molecule has 0 aromatic heterocycles. The topological polar surface area (TPSA) is 18.5 Å². The standard InChI is InChI=1S/C19H14BrN3/c20-13-10-11-17-18(12-13)23-16-9-5-4-8-15(16)21-19(23)22(17)14-6-2-1-3-7-14/h1-12,19,21H. The number of hydrogen-bond donors (Lipinski definition) is 1. The van der Waals surface area contributed by atoms with Crippen LogP contribution in [-0.4, -0.2) is 6.29 Å². The lowest BCUT2D eigenvalue weighted by molar-refractivity contribution is 0.808. The fourth-order valence-electron chi connectivity index (χ4n) is 3.48. The van der Waals surface area contributed by atoms with Crippen molar-refractivity contribution in [3.63, 3.8) is 0 Å². The molecule has 2 heterocycles. The van der Waals surface area contributed by atoms with Crippen molar-refractivity contribution in [1.29, 1.82) is 0 Å². The highest BCUT2D eigenvalue weighted by molar-refractivity contribution is 9.10. The van der Waals surface area contributed by atoms with Gasteiger partial charge in [-0.1, -0.05) is 46.3 Å². The molecule has 0 saturated heterocycles. The molecule has 0 bridgehead atoms. The minimum atomic E-state index is 0.0686. The van der Waals surface area contributed by atoms with Crippen LogP contribution >= 0.6 is 15.9 Å². The molecule has 0 saturated carbocycles. The Kier molecular flexibility index (Phi) is 2.70. The molecule has 2 aliphatic rings. The van der Waals surface area contributed by atoms with E-state index < -0.39 is 0 Å². The van der Waals surface area contributed by atoms with Crippen molar-refractivity contribution in [2.24, 2.45) is 0 Å². The molecule has 0 radical (unpaired) electrons. The number of para-hydroxylation sites is 3. The first-order valence-corrected chi connectivity index (χ1v) is 8.41. The molecular weight excluding hydrogens is 350 g/mol. The Morgan fingerprint density at radius 2 is 1.52 bits per heavy atom. The van der Waals surface area contributed by atoms with Crippen molar-refractivity contribution in [1.82, 2.24) is 0 Å². The van der Waals surface area contributed by atoms with Crippen molar-refractivity contribution in [2.75, 3.05) is 15.1 Å². The van der Waals surface area contributed by atoms with E-state index in [9.17, 15) is 0 Å². The second-order valence-electron chi connectivity index (χ2n) is 5.74. The summed E-state index contributed by atoms with van der Waals surface area (Å²) in [5.74, 6) is 0. The third-order valence-electron chi connectivity index (χ3n) is 4.43. The van der Waals surface area contributed by atoms with Crippen LogP contribution in [0.3, 0.4) is 0 Å². The number of rotatable bonds is 1. The van der Waals surface area contributed by atoms with Crippen LogP contribution in [0.5, 0.6) is 0 Å². The molecule has 3 aromatic carbocycles. The van der Waals surface area contributed by atoms with Gasteiger partial charge in [-0.25, -0.2) is 0 Å². The van der Waals surface area contributed by atoms with Crippen LogP contribution in [-0.2, 0) is 0 Å². The maximum absolute atomic E-state index is 3.65. The van der Waals surface area contributed by atoms with Gasteiger partial charge in [0, 0.05) is 10.2 Å². The number of fused-ring (bicyclic) bond motifs is 5. The SMILES string of the molecule is Brc1ccc2c(c1)N1c3ccccc3NC1N2c1ccccc1. The van der Waals surface area contributed by atoms with E-state index in [-0.39, 0.29) is 6.29 Å². The van der Waals surface area contributed by atoms with Crippen LogP contribution in [0.25, 0.3) is 0 Å². The van der Waals surface area contributed by atoms with E-state index in [1.165, 1.54) is 28.4 Å². The van der Waals surface area contributed by atoms with Crippen molar-refractivity contribution in [2.45, 2.75) is 6.29 Å². The first kappa shape index (κ1) is 13.0. The van der Waals surface area contributed by atoms with Crippen LogP contribution < -0.4 is 15.1 Å². The maximum atomic E-state index is 3.65. The number of halogens is 1. The van der Waals surface area contributed by atoms with Gasteiger partial charge >= 0.3 is 0 Å². The Bertz CT molecular complexity index is 894.